The lowest BCUT2D eigenvalue weighted by Gasteiger charge is -2.42. The van der Waals surface area contributed by atoms with Gasteiger partial charge in [-0.3, -0.25) is 14.7 Å². The van der Waals surface area contributed by atoms with E-state index in [2.05, 4.69) is 20.3 Å². The van der Waals surface area contributed by atoms with Gasteiger partial charge in [-0.15, -0.1) is 13.2 Å². The molecule has 0 aliphatic carbocycles. The molecular weight excluding hydrogens is 449 g/mol. The second-order valence-electron chi connectivity index (χ2n) is 8.46. The highest BCUT2D eigenvalue weighted by atomic mass is 19.4. The summed E-state index contributed by atoms with van der Waals surface area (Å²) in [6, 6.07) is 11.3. The maximum absolute atomic E-state index is 13.6. The van der Waals surface area contributed by atoms with Gasteiger partial charge in [0, 0.05) is 35.6 Å². The summed E-state index contributed by atoms with van der Waals surface area (Å²) in [6.45, 7) is 4.35. The average molecular weight is 472 g/mol. The summed E-state index contributed by atoms with van der Waals surface area (Å²) in [4.78, 5) is 28.7. The number of aromatic nitrogens is 2. The molecule has 7 nitrogen and oxygen atoms in total. The monoisotopic (exact) mass is 472 g/mol. The molecular formula is C24H23F3N4O3. The molecule has 178 valence electrons. The Bertz CT molecular complexity index is 1180. The molecule has 0 saturated heterocycles. The second-order valence-corrected chi connectivity index (χ2v) is 8.46. The topological polar surface area (TPSA) is 87.3 Å². The van der Waals surface area contributed by atoms with Gasteiger partial charge in [0.1, 0.15) is 5.75 Å². The fourth-order valence-electron chi connectivity index (χ4n) is 4.25. The van der Waals surface area contributed by atoms with Crippen molar-refractivity contribution in [3.8, 4) is 5.75 Å². The van der Waals surface area contributed by atoms with Gasteiger partial charge in [0.15, 0.2) is 0 Å². The van der Waals surface area contributed by atoms with Crippen LogP contribution in [0, 0.1) is 5.92 Å². The lowest BCUT2D eigenvalue weighted by Crippen LogP contribution is -2.47. The molecule has 2 N–H and O–H groups in total. The van der Waals surface area contributed by atoms with Crippen molar-refractivity contribution >= 4 is 17.5 Å². The zero-order valence-corrected chi connectivity index (χ0v) is 18.5. The fraction of sp³-hybridized carbons (Fsp3) is 0.292. The molecule has 2 amide bonds. The van der Waals surface area contributed by atoms with Gasteiger partial charge in [0.25, 0.3) is 5.91 Å². The molecule has 10 heteroatoms. The SMILES string of the molecule is CC(C)CN1C(=O)c2ccccc2C(C(=O)Nc2cccc(OC(F)(F)F)c2)C1c1cn[nH]c1. The molecule has 1 aliphatic heterocycles. The van der Waals surface area contributed by atoms with E-state index in [0.29, 0.717) is 23.2 Å². The molecule has 0 saturated carbocycles. The molecule has 34 heavy (non-hydrogen) atoms. The summed E-state index contributed by atoms with van der Waals surface area (Å²) in [5.41, 5.74) is 1.75. The van der Waals surface area contributed by atoms with Crippen LogP contribution in [-0.4, -0.2) is 39.8 Å². The summed E-state index contributed by atoms with van der Waals surface area (Å²) in [6.07, 6.45) is -1.65. The molecule has 0 fully saturated rings. The number of hydrogen-bond donors (Lipinski definition) is 2. The quantitative estimate of drug-likeness (QED) is 0.535. The Labute approximate surface area is 193 Å². The number of ether oxygens (including phenoxy) is 1. The minimum Gasteiger partial charge on any atom is -0.406 e. The van der Waals surface area contributed by atoms with E-state index in [-0.39, 0.29) is 17.5 Å². The summed E-state index contributed by atoms with van der Waals surface area (Å²) in [7, 11) is 0. The van der Waals surface area contributed by atoms with Crippen LogP contribution in [0.1, 0.15) is 47.3 Å². The van der Waals surface area contributed by atoms with Gasteiger partial charge in [-0.25, -0.2) is 0 Å². The summed E-state index contributed by atoms with van der Waals surface area (Å²) < 4.78 is 41.8. The number of carbonyl (C=O) groups excluding carboxylic acids is 2. The van der Waals surface area contributed by atoms with Crippen LogP contribution in [0.2, 0.25) is 0 Å². The van der Waals surface area contributed by atoms with Gasteiger partial charge >= 0.3 is 6.36 Å². The number of rotatable bonds is 6. The third-order valence-electron chi connectivity index (χ3n) is 5.48. The van der Waals surface area contributed by atoms with E-state index < -0.39 is 30.0 Å². The Morgan fingerprint density at radius 1 is 1.21 bits per heavy atom. The number of nitrogens with zero attached hydrogens (tertiary/aromatic N) is 2. The van der Waals surface area contributed by atoms with Crippen LogP contribution in [0.4, 0.5) is 18.9 Å². The van der Waals surface area contributed by atoms with Crippen molar-refractivity contribution in [1.29, 1.82) is 0 Å². The average Bonchev–Trinajstić information content (AvgIpc) is 3.28. The van der Waals surface area contributed by atoms with Gasteiger partial charge in [0.05, 0.1) is 18.2 Å². The number of alkyl halides is 3. The molecule has 2 atom stereocenters. The summed E-state index contributed by atoms with van der Waals surface area (Å²) >= 11 is 0. The number of amides is 2. The summed E-state index contributed by atoms with van der Waals surface area (Å²) in [5.74, 6) is -1.80. The van der Waals surface area contributed by atoms with Crippen LogP contribution >= 0.6 is 0 Å². The normalized spacial score (nSPS) is 18.1. The highest BCUT2D eigenvalue weighted by Gasteiger charge is 2.44. The zero-order valence-electron chi connectivity index (χ0n) is 18.5. The molecule has 0 spiro atoms. The first kappa shape index (κ1) is 23.3. The Kier molecular flexibility index (Phi) is 6.32. The maximum atomic E-state index is 13.6. The zero-order chi connectivity index (χ0) is 24.5. The van der Waals surface area contributed by atoms with Crippen molar-refractivity contribution in [2.75, 3.05) is 11.9 Å². The number of hydrogen-bond acceptors (Lipinski definition) is 4. The number of H-pyrrole nitrogens is 1. The first-order chi connectivity index (χ1) is 16.1. The molecule has 3 aromatic rings. The van der Waals surface area contributed by atoms with Gasteiger partial charge in [0.2, 0.25) is 5.91 Å². The minimum absolute atomic E-state index is 0.128. The van der Waals surface area contributed by atoms with Gasteiger partial charge in [-0.2, -0.15) is 5.10 Å². The van der Waals surface area contributed by atoms with Crippen LogP contribution in [0.3, 0.4) is 0 Å². The van der Waals surface area contributed by atoms with E-state index in [9.17, 15) is 22.8 Å². The van der Waals surface area contributed by atoms with Crippen molar-refractivity contribution in [2.24, 2.45) is 5.92 Å². The second kappa shape index (κ2) is 9.20. The molecule has 1 aliphatic rings. The van der Waals surface area contributed by atoms with Crippen molar-refractivity contribution < 1.29 is 27.5 Å². The molecule has 0 radical (unpaired) electrons. The van der Waals surface area contributed by atoms with Gasteiger partial charge in [-0.05, 0) is 29.7 Å². The van der Waals surface area contributed by atoms with Crippen LogP contribution < -0.4 is 10.1 Å². The first-order valence-corrected chi connectivity index (χ1v) is 10.7. The van der Waals surface area contributed by atoms with E-state index >= 15 is 0 Å². The van der Waals surface area contributed by atoms with Crippen LogP contribution in [0.25, 0.3) is 0 Å². The molecule has 2 heterocycles. The number of aromatic amines is 1. The lowest BCUT2D eigenvalue weighted by atomic mass is 9.79. The standard InChI is InChI=1S/C24H23F3N4O3/c1-14(2)13-31-21(15-11-28-29-12-15)20(18-8-3-4-9-19(18)23(31)33)22(32)30-16-6-5-7-17(10-16)34-24(25,26)27/h3-12,14,20-21H,13H2,1-2H3,(H,28,29)(H,30,32). The Morgan fingerprint density at radius 2 is 1.97 bits per heavy atom. The summed E-state index contributed by atoms with van der Waals surface area (Å²) in [5, 5.41) is 9.44. The van der Waals surface area contributed by atoms with Gasteiger partial charge < -0.3 is 15.0 Å². The number of nitrogens with one attached hydrogen (secondary N) is 2. The molecule has 4 rings (SSSR count). The Hall–Kier alpha value is -3.82. The van der Waals surface area contributed by atoms with Crippen molar-refractivity contribution in [3.05, 3.63) is 77.6 Å². The number of anilines is 1. The van der Waals surface area contributed by atoms with Crippen LogP contribution in [-0.2, 0) is 4.79 Å². The predicted octanol–water partition coefficient (Wildman–Crippen LogP) is 4.88. The lowest BCUT2D eigenvalue weighted by molar-refractivity contribution is -0.274. The van der Waals surface area contributed by atoms with Crippen molar-refractivity contribution in [3.63, 3.8) is 0 Å². The minimum atomic E-state index is -4.85. The van der Waals surface area contributed by atoms with Gasteiger partial charge in [-0.1, -0.05) is 38.1 Å². The predicted molar refractivity (Wildman–Crippen MR) is 118 cm³/mol. The number of fused-ring (bicyclic) bond motifs is 1. The maximum Gasteiger partial charge on any atom is 0.573 e. The highest BCUT2D eigenvalue weighted by Crippen LogP contribution is 2.43. The smallest absolute Gasteiger partial charge is 0.406 e. The Balaban J connectivity index is 1.74. The van der Waals surface area contributed by atoms with Crippen LogP contribution in [0.15, 0.2) is 60.9 Å². The number of benzene rings is 2. The molecule has 2 aromatic carbocycles. The fourth-order valence-corrected chi connectivity index (χ4v) is 4.25. The van der Waals surface area contributed by atoms with E-state index in [0.717, 1.165) is 12.1 Å². The number of halogens is 3. The third kappa shape index (κ3) is 4.90. The molecule has 0 bridgehead atoms. The van der Waals surface area contributed by atoms with E-state index in [4.69, 9.17) is 0 Å². The first-order valence-electron chi connectivity index (χ1n) is 10.7. The number of carbonyl (C=O) groups is 2. The van der Waals surface area contributed by atoms with E-state index in [1.807, 2.05) is 13.8 Å². The van der Waals surface area contributed by atoms with Crippen LogP contribution in [0.5, 0.6) is 5.75 Å². The van der Waals surface area contributed by atoms with Crippen molar-refractivity contribution in [1.82, 2.24) is 15.1 Å². The van der Waals surface area contributed by atoms with Crippen molar-refractivity contribution in [2.45, 2.75) is 32.2 Å². The van der Waals surface area contributed by atoms with E-state index in [1.54, 1.807) is 41.6 Å². The largest absolute Gasteiger partial charge is 0.573 e. The molecule has 2 unspecified atom stereocenters. The Morgan fingerprint density at radius 3 is 2.65 bits per heavy atom. The molecule has 1 aromatic heterocycles. The third-order valence-corrected chi connectivity index (χ3v) is 5.48. The highest BCUT2D eigenvalue weighted by molar-refractivity contribution is 6.04. The van der Waals surface area contributed by atoms with E-state index in [1.165, 1.54) is 12.1 Å².